The van der Waals surface area contributed by atoms with Gasteiger partial charge >= 0.3 is 5.97 Å². The monoisotopic (exact) mass is 502 g/mol. The Labute approximate surface area is 209 Å². The van der Waals surface area contributed by atoms with Gasteiger partial charge in [0.15, 0.2) is 17.5 Å². The van der Waals surface area contributed by atoms with Gasteiger partial charge in [0.25, 0.3) is 0 Å². The summed E-state index contributed by atoms with van der Waals surface area (Å²) in [6, 6.07) is 16.1. The molecule has 3 heterocycles. The van der Waals surface area contributed by atoms with Crippen LogP contribution in [-0.2, 0) is 13.1 Å². The van der Waals surface area contributed by atoms with E-state index >= 15 is 0 Å². The predicted octanol–water partition coefficient (Wildman–Crippen LogP) is 4.66. The maximum absolute atomic E-state index is 14.8. The van der Waals surface area contributed by atoms with Crippen molar-refractivity contribution in [2.45, 2.75) is 13.1 Å². The maximum atomic E-state index is 14.8. The summed E-state index contributed by atoms with van der Waals surface area (Å²) in [5.74, 6) is -2.03. The van der Waals surface area contributed by atoms with E-state index in [1.165, 1.54) is 23.3 Å². The molecule has 11 heteroatoms. The van der Waals surface area contributed by atoms with Crippen LogP contribution in [0.4, 0.5) is 14.6 Å². The smallest absolute Gasteiger partial charge is 0.336 e. The van der Waals surface area contributed by atoms with Crippen molar-refractivity contribution >= 4 is 11.8 Å². The molecule has 0 unspecified atom stereocenters. The van der Waals surface area contributed by atoms with Crippen molar-refractivity contribution in [3.8, 4) is 22.9 Å². The zero-order valence-electron chi connectivity index (χ0n) is 19.5. The zero-order chi connectivity index (χ0) is 25.9. The van der Waals surface area contributed by atoms with E-state index in [-0.39, 0.29) is 36.1 Å². The molecule has 0 aliphatic rings. The second kappa shape index (κ2) is 9.97. The molecule has 2 aromatic carbocycles. The van der Waals surface area contributed by atoms with Crippen LogP contribution in [0.15, 0.2) is 77.6 Å². The molecule has 3 aromatic heterocycles. The standard InChI is InChI=1S/C26H20F2N6O3/c1-33(14-16-6-2-4-8-18(16)26(35)36)25-20(28)13-29-24(30-25)22-12-23(21-10-11-37-32-21)34(31-22)15-17-7-3-5-9-19(17)27/h2-13H,14-15H2,1H3,(H,35,36). The summed E-state index contributed by atoms with van der Waals surface area (Å²) in [6.45, 7) is 0.205. The zero-order valence-corrected chi connectivity index (χ0v) is 19.5. The second-order valence-electron chi connectivity index (χ2n) is 8.23. The van der Waals surface area contributed by atoms with Gasteiger partial charge in [-0.3, -0.25) is 4.68 Å². The largest absolute Gasteiger partial charge is 0.478 e. The van der Waals surface area contributed by atoms with Crippen LogP contribution in [0.3, 0.4) is 0 Å². The average Bonchev–Trinajstić information content (AvgIpc) is 3.56. The number of rotatable bonds is 8. The SMILES string of the molecule is CN(Cc1ccccc1C(=O)O)c1nc(-c2cc(-c3ccon3)n(Cc3ccccc3F)n2)ncc1F. The number of anilines is 1. The number of carboxylic acid groups (broad SMARTS) is 1. The number of hydrogen-bond acceptors (Lipinski definition) is 7. The van der Waals surface area contributed by atoms with E-state index in [1.54, 1.807) is 60.3 Å². The molecule has 0 radical (unpaired) electrons. The van der Waals surface area contributed by atoms with Crippen LogP contribution in [0.25, 0.3) is 22.9 Å². The van der Waals surface area contributed by atoms with Crippen molar-refractivity contribution in [3.63, 3.8) is 0 Å². The Morgan fingerprint density at radius 2 is 1.78 bits per heavy atom. The summed E-state index contributed by atoms with van der Waals surface area (Å²) in [5, 5.41) is 18.0. The number of carboxylic acids is 1. The van der Waals surface area contributed by atoms with Crippen LogP contribution in [0, 0.1) is 11.6 Å². The minimum absolute atomic E-state index is 0.0307. The van der Waals surface area contributed by atoms with E-state index in [0.29, 0.717) is 28.2 Å². The van der Waals surface area contributed by atoms with Crippen LogP contribution in [0.1, 0.15) is 21.5 Å². The van der Waals surface area contributed by atoms with E-state index in [4.69, 9.17) is 4.52 Å². The fraction of sp³-hybridized carbons (Fsp3) is 0.115. The maximum Gasteiger partial charge on any atom is 0.336 e. The highest BCUT2D eigenvalue weighted by molar-refractivity contribution is 5.89. The van der Waals surface area contributed by atoms with Gasteiger partial charge in [0.1, 0.15) is 23.5 Å². The third-order valence-electron chi connectivity index (χ3n) is 5.73. The van der Waals surface area contributed by atoms with Crippen LogP contribution in [0.5, 0.6) is 0 Å². The van der Waals surface area contributed by atoms with Gasteiger partial charge in [-0.25, -0.2) is 23.5 Å². The average molecular weight is 502 g/mol. The van der Waals surface area contributed by atoms with Crippen molar-refractivity contribution in [1.82, 2.24) is 24.9 Å². The first-order valence-electron chi connectivity index (χ1n) is 11.2. The lowest BCUT2D eigenvalue weighted by molar-refractivity contribution is 0.0695. The van der Waals surface area contributed by atoms with E-state index in [1.807, 2.05) is 0 Å². The number of nitrogens with zero attached hydrogens (tertiary/aromatic N) is 6. The summed E-state index contributed by atoms with van der Waals surface area (Å²) in [6.07, 6.45) is 2.44. The van der Waals surface area contributed by atoms with Crippen molar-refractivity contribution in [2.24, 2.45) is 0 Å². The van der Waals surface area contributed by atoms with Crippen molar-refractivity contribution in [3.05, 3.63) is 101 Å². The van der Waals surface area contributed by atoms with Crippen LogP contribution < -0.4 is 4.90 Å². The van der Waals surface area contributed by atoms with Crippen molar-refractivity contribution < 1.29 is 23.2 Å². The molecular weight excluding hydrogens is 482 g/mol. The normalized spacial score (nSPS) is 11.0. The van der Waals surface area contributed by atoms with Gasteiger partial charge in [0.2, 0.25) is 0 Å². The van der Waals surface area contributed by atoms with Gasteiger partial charge in [0.05, 0.1) is 24.0 Å². The Morgan fingerprint density at radius 3 is 2.51 bits per heavy atom. The number of benzene rings is 2. The highest BCUT2D eigenvalue weighted by Crippen LogP contribution is 2.27. The summed E-state index contributed by atoms with van der Waals surface area (Å²) >= 11 is 0. The molecule has 9 nitrogen and oxygen atoms in total. The summed E-state index contributed by atoms with van der Waals surface area (Å²) < 4.78 is 35.6. The number of aromatic nitrogens is 5. The third kappa shape index (κ3) is 4.92. The molecule has 0 aliphatic carbocycles. The lowest BCUT2D eigenvalue weighted by Gasteiger charge is -2.20. The van der Waals surface area contributed by atoms with Gasteiger partial charge < -0.3 is 14.5 Å². The van der Waals surface area contributed by atoms with Gasteiger partial charge in [-0.15, -0.1) is 0 Å². The van der Waals surface area contributed by atoms with Crippen molar-refractivity contribution in [1.29, 1.82) is 0 Å². The summed E-state index contributed by atoms with van der Waals surface area (Å²) in [7, 11) is 1.60. The molecule has 37 heavy (non-hydrogen) atoms. The molecule has 0 spiro atoms. The molecule has 186 valence electrons. The molecule has 0 amide bonds. The van der Waals surface area contributed by atoms with E-state index in [9.17, 15) is 18.7 Å². The Hall–Kier alpha value is -4.93. The van der Waals surface area contributed by atoms with Gasteiger partial charge in [-0.2, -0.15) is 5.10 Å². The first-order chi connectivity index (χ1) is 17.9. The fourth-order valence-corrected chi connectivity index (χ4v) is 3.93. The molecule has 0 atom stereocenters. The second-order valence-corrected chi connectivity index (χ2v) is 8.23. The highest BCUT2D eigenvalue weighted by Gasteiger charge is 2.20. The molecule has 0 saturated carbocycles. The Balaban J connectivity index is 1.51. The highest BCUT2D eigenvalue weighted by atomic mass is 19.1. The Morgan fingerprint density at radius 1 is 1.03 bits per heavy atom. The summed E-state index contributed by atoms with van der Waals surface area (Å²) in [4.78, 5) is 21.5. The quantitative estimate of drug-likeness (QED) is 0.326. The third-order valence-corrected chi connectivity index (χ3v) is 5.73. The first kappa shape index (κ1) is 23.8. The molecule has 0 fully saturated rings. The van der Waals surface area contributed by atoms with Crippen LogP contribution in [-0.4, -0.2) is 43.0 Å². The molecular formula is C26H20F2N6O3. The number of halogens is 2. The topological polar surface area (TPSA) is 110 Å². The first-order valence-corrected chi connectivity index (χ1v) is 11.2. The van der Waals surface area contributed by atoms with Crippen molar-refractivity contribution in [2.75, 3.05) is 11.9 Å². The van der Waals surface area contributed by atoms with Crippen LogP contribution in [0.2, 0.25) is 0 Å². The van der Waals surface area contributed by atoms with Gasteiger partial charge in [-0.05, 0) is 23.8 Å². The lowest BCUT2D eigenvalue weighted by atomic mass is 10.1. The van der Waals surface area contributed by atoms with Gasteiger partial charge in [0, 0.05) is 25.2 Å². The molecule has 0 aliphatic heterocycles. The number of aromatic carboxylic acids is 1. The van der Waals surface area contributed by atoms with Gasteiger partial charge in [-0.1, -0.05) is 41.6 Å². The molecule has 0 saturated heterocycles. The van der Waals surface area contributed by atoms with E-state index < -0.39 is 11.8 Å². The Kier molecular flexibility index (Phi) is 6.42. The minimum atomic E-state index is -1.08. The number of hydrogen-bond donors (Lipinski definition) is 1. The molecule has 5 rings (SSSR count). The Bertz CT molecular complexity index is 1570. The number of carbonyl (C=O) groups is 1. The lowest BCUT2D eigenvalue weighted by Crippen LogP contribution is -2.21. The van der Waals surface area contributed by atoms with Crippen LogP contribution >= 0.6 is 0 Å². The molecule has 5 aromatic rings. The fourth-order valence-electron chi connectivity index (χ4n) is 3.93. The molecule has 0 bridgehead atoms. The molecule has 1 N–H and O–H groups in total. The van der Waals surface area contributed by atoms with E-state index in [2.05, 4.69) is 20.2 Å². The minimum Gasteiger partial charge on any atom is -0.478 e. The van der Waals surface area contributed by atoms with E-state index in [0.717, 1.165) is 6.20 Å². The summed E-state index contributed by atoms with van der Waals surface area (Å²) in [5.41, 5.74) is 2.35. The predicted molar refractivity (Wildman–Crippen MR) is 130 cm³/mol.